The Morgan fingerprint density at radius 3 is 2.29 bits per heavy atom. The van der Waals surface area contributed by atoms with Crippen LogP contribution in [0.3, 0.4) is 0 Å². The number of rotatable bonds is 4. The van der Waals surface area contributed by atoms with Gasteiger partial charge in [0.15, 0.2) is 11.5 Å². The van der Waals surface area contributed by atoms with Crippen LogP contribution in [0.25, 0.3) is 0 Å². The predicted octanol–water partition coefficient (Wildman–Crippen LogP) is 4.17. The Morgan fingerprint density at radius 1 is 1.18 bits per heavy atom. The Labute approximate surface area is 105 Å². The van der Waals surface area contributed by atoms with Gasteiger partial charge >= 0.3 is 0 Å². The lowest BCUT2D eigenvalue weighted by atomic mass is 9.87. The van der Waals surface area contributed by atoms with Gasteiger partial charge in [-0.3, -0.25) is 0 Å². The van der Waals surface area contributed by atoms with Crippen LogP contribution in [0.2, 0.25) is 0 Å². The first-order chi connectivity index (χ1) is 7.88. The third kappa shape index (κ3) is 3.65. The third-order valence-electron chi connectivity index (χ3n) is 2.93. The molecule has 1 unspecified atom stereocenters. The molecule has 0 heterocycles. The standard InChI is InChI=1S/C15H24O2/c1-7-11(2)17-13-9-8-12(15(3,4)5)10-14(13)16-6/h8-11H,7H2,1-6H3. The second-order valence-electron chi connectivity index (χ2n) is 5.45. The van der Waals surface area contributed by atoms with E-state index in [1.54, 1.807) is 7.11 Å². The SMILES string of the molecule is CCC(C)Oc1ccc(C(C)(C)C)cc1OC. The van der Waals surface area contributed by atoms with Crippen molar-refractivity contribution >= 4 is 0 Å². The molecule has 0 saturated carbocycles. The Morgan fingerprint density at radius 2 is 1.82 bits per heavy atom. The van der Waals surface area contributed by atoms with Gasteiger partial charge in [0.05, 0.1) is 13.2 Å². The van der Waals surface area contributed by atoms with E-state index in [4.69, 9.17) is 9.47 Å². The summed E-state index contributed by atoms with van der Waals surface area (Å²) >= 11 is 0. The fraction of sp³-hybridized carbons (Fsp3) is 0.600. The molecule has 0 radical (unpaired) electrons. The highest BCUT2D eigenvalue weighted by atomic mass is 16.5. The lowest BCUT2D eigenvalue weighted by Gasteiger charge is -2.22. The van der Waals surface area contributed by atoms with Crippen molar-refractivity contribution in [3.05, 3.63) is 23.8 Å². The summed E-state index contributed by atoms with van der Waals surface area (Å²) in [7, 11) is 1.69. The van der Waals surface area contributed by atoms with Gasteiger partial charge in [-0.2, -0.15) is 0 Å². The number of methoxy groups -OCH3 is 1. The zero-order valence-corrected chi connectivity index (χ0v) is 11.8. The van der Waals surface area contributed by atoms with Crippen molar-refractivity contribution in [2.75, 3.05) is 7.11 Å². The van der Waals surface area contributed by atoms with Crippen LogP contribution in [-0.4, -0.2) is 13.2 Å². The molecule has 17 heavy (non-hydrogen) atoms. The fourth-order valence-electron chi connectivity index (χ4n) is 1.53. The fourth-order valence-corrected chi connectivity index (χ4v) is 1.53. The van der Waals surface area contributed by atoms with Crippen molar-refractivity contribution in [3.63, 3.8) is 0 Å². The van der Waals surface area contributed by atoms with Gasteiger partial charge in [0.25, 0.3) is 0 Å². The maximum Gasteiger partial charge on any atom is 0.161 e. The molecule has 1 aromatic rings. The minimum Gasteiger partial charge on any atom is -0.493 e. The largest absolute Gasteiger partial charge is 0.493 e. The molecule has 0 aliphatic carbocycles. The first-order valence-corrected chi connectivity index (χ1v) is 6.23. The molecule has 1 rings (SSSR count). The van der Waals surface area contributed by atoms with E-state index in [9.17, 15) is 0 Å². The van der Waals surface area contributed by atoms with Crippen LogP contribution in [0, 0.1) is 0 Å². The summed E-state index contributed by atoms with van der Waals surface area (Å²) < 4.78 is 11.2. The summed E-state index contributed by atoms with van der Waals surface area (Å²) in [6.07, 6.45) is 1.20. The van der Waals surface area contributed by atoms with Crippen molar-refractivity contribution < 1.29 is 9.47 Å². The number of ether oxygens (including phenoxy) is 2. The lowest BCUT2D eigenvalue weighted by Crippen LogP contribution is -2.13. The third-order valence-corrected chi connectivity index (χ3v) is 2.93. The quantitative estimate of drug-likeness (QED) is 0.781. The predicted molar refractivity (Wildman–Crippen MR) is 72.1 cm³/mol. The van der Waals surface area contributed by atoms with Crippen molar-refractivity contribution in [3.8, 4) is 11.5 Å². The summed E-state index contributed by atoms with van der Waals surface area (Å²) in [6.45, 7) is 10.8. The van der Waals surface area contributed by atoms with Gasteiger partial charge in [-0.1, -0.05) is 33.8 Å². The molecule has 0 fully saturated rings. The summed E-state index contributed by atoms with van der Waals surface area (Å²) in [5.74, 6) is 1.65. The zero-order chi connectivity index (χ0) is 13.1. The monoisotopic (exact) mass is 236 g/mol. The Bertz CT molecular complexity index is 364. The number of benzene rings is 1. The number of hydrogen-bond acceptors (Lipinski definition) is 2. The molecule has 2 heteroatoms. The minimum atomic E-state index is 0.127. The van der Waals surface area contributed by atoms with Crippen LogP contribution >= 0.6 is 0 Å². The average Bonchev–Trinajstić information content (AvgIpc) is 2.27. The highest BCUT2D eigenvalue weighted by Gasteiger charge is 2.17. The van der Waals surface area contributed by atoms with Crippen LogP contribution in [-0.2, 0) is 5.41 Å². The second kappa shape index (κ2) is 5.44. The van der Waals surface area contributed by atoms with E-state index in [-0.39, 0.29) is 11.5 Å². The molecule has 2 nitrogen and oxygen atoms in total. The molecule has 0 aliphatic rings. The van der Waals surface area contributed by atoms with Gasteiger partial charge in [-0.05, 0) is 36.5 Å². The van der Waals surface area contributed by atoms with Gasteiger partial charge < -0.3 is 9.47 Å². The summed E-state index contributed by atoms with van der Waals surface area (Å²) in [5.41, 5.74) is 1.38. The molecule has 0 amide bonds. The van der Waals surface area contributed by atoms with Crippen molar-refractivity contribution in [2.24, 2.45) is 0 Å². The molecular weight excluding hydrogens is 212 g/mol. The Hall–Kier alpha value is -1.18. The van der Waals surface area contributed by atoms with E-state index >= 15 is 0 Å². The Kier molecular flexibility index (Phi) is 4.44. The molecule has 0 N–H and O–H groups in total. The van der Waals surface area contributed by atoms with E-state index in [0.717, 1.165) is 17.9 Å². The van der Waals surface area contributed by atoms with Crippen LogP contribution in [0.1, 0.15) is 46.6 Å². The molecule has 0 aromatic heterocycles. The van der Waals surface area contributed by atoms with Gasteiger partial charge in [0.1, 0.15) is 0 Å². The Balaban J connectivity index is 3.01. The molecule has 1 atom stereocenters. The molecule has 0 spiro atoms. The van der Waals surface area contributed by atoms with Crippen LogP contribution in [0.15, 0.2) is 18.2 Å². The van der Waals surface area contributed by atoms with Crippen molar-refractivity contribution in [1.82, 2.24) is 0 Å². The normalized spacial score (nSPS) is 13.3. The molecule has 0 aliphatic heterocycles. The summed E-state index contributed by atoms with van der Waals surface area (Å²) in [4.78, 5) is 0. The highest BCUT2D eigenvalue weighted by molar-refractivity contribution is 5.44. The van der Waals surface area contributed by atoms with E-state index < -0.39 is 0 Å². The maximum atomic E-state index is 5.83. The lowest BCUT2D eigenvalue weighted by molar-refractivity contribution is 0.207. The van der Waals surface area contributed by atoms with Crippen LogP contribution < -0.4 is 9.47 Å². The number of hydrogen-bond donors (Lipinski definition) is 0. The topological polar surface area (TPSA) is 18.5 Å². The van der Waals surface area contributed by atoms with E-state index in [2.05, 4.69) is 46.8 Å². The van der Waals surface area contributed by atoms with Gasteiger partial charge in [-0.15, -0.1) is 0 Å². The summed E-state index contributed by atoms with van der Waals surface area (Å²) in [6, 6.07) is 6.18. The van der Waals surface area contributed by atoms with Crippen molar-refractivity contribution in [2.45, 2.75) is 52.6 Å². The van der Waals surface area contributed by atoms with Gasteiger partial charge in [0, 0.05) is 0 Å². The molecule has 1 aromatic carbocycles. The minimum absolute atomic E-state index is 0.127. The second-order valence-corrected chi connectivity index (χ2v) is 5.45. The average molecular weight is 236 g/mol. The van der Waals surface area contributed by atoms with Crippen LogP contribution in [0.4, 0.5) is 0 Å². The van der Waals surface area contributed by atoms with Crippen molar-refractivity contribution in [1.29, 1.82) is 0 Å². The highest BCUT2D eigenvalue weighted by Crippen LogP contribution is 2.33. The zero-order valence-electron chi connectivity index (χ0n) is 11.8. The molecule has 96 valence electrons. The van der Waals surface area contributed by atoms with Gasteiger partial charge in [0.2, 0.25) is 0 Å². The van der Waals surface area contributed by atoms with Crippen LogP contribution in [0.5, 0.6) is 11.5 Å². The first-order valence-electron chi connectivity index (χ1n) is 6.23. The molecule has 0 saturated heterocycles. The smallest absolute Gasteiger partial charge is 0.161 e. The molecular formula is C15H24O2. The van der Waals surface area contributed by atoms with E-state index in [0.29, 0.717) is 0 Å². The van der Waals surface area contributed by atoms with E-state index in [1.165, 1.54) is 5.56 Å². The van der Waals surface area contributed by atoms with Gasteiger partial charge in [-0.25, -0.2) is 0 Å². The maximum absolute atomic E-state index is 5.83. The summed E-state index contributed by atoms with van der Waals surface area (Å²) in [5, 5.41) is 0. The first kappa shape index (κ1) is 13.9. The van der Waals surface area contributed by atoms with E-state index in [1.807, 2.05) is 6.07 Å². The molecule has 0 bridgehead atoms.